The van der Waals surface area contributed by atoms with E-state index in [0.29, 0.717) is 143 Å². The number of carboxylic acid groups (broad SMARTS) is 1. The van der Waals surface area contributed by atoms with Crippen molar-refractivity contribution >= 4 is 76.8 Å². The topological polar surface area (TPSA) is 465 Å². The van der Waals surface area contributed by atoms with Crippen molar-refractivity contribution in [2.75, 3.05) is 250 Å². The first-order valence-corrected chi connectivity index (χ1v) is 42.4. The van der Waals surface area contributed by atoms with Crippen molar-refractivity contribution < 1.29 is 142 Å². The lowest BCUT2D eigenvalue weighted by molar-refractivity contribution is -0.141. The number of ether oxygens (including phenoxy) is 16. The van der Waals surface area contributed by atoms with Crippen molar-refractivity contribution in [3.63, 3.8) is 0 Å². The molecule has 41 heteroatoms. The molecule has 0 saturated heterocycles. The van der Waals surface area contributed by atoms with E-state index >= 15 is 4.39 Å². The molecule has 9 N–H and O–H groups in total. The molecule has 2 aromatic carbocycles. The van der Waals surface area contributed by atoms with Crippen LogP contribution in [0.15, 0.2) is 72.9 Å². The summed E-state index contributed by atoms with van der Waals surface area (Å²) in [5.74, 6) is -10.0. The van der Waals surface area contributed by atoms with E-state index in [1.165, 1.54) is 13.8 Å². The third kappa shape index (κ3) is 48.8. The van der Waals surface area contributed by atoms with Crippen LogP contribution in [0.25, 0.3) is 11.1 Å². The van der Waals surface area contributed by atoms with Gasteiger partial charge in [-0.2, -0.15) is 0 Å². The van der Waals surface area contributed by atoms with Crippen LogP contribution in [0, 0.1) is 17.0 Å². The van der Waals surface area contributed by atoms with Crippen LogP contribution < -0.4 is 37.6 Å². The molecule has 0 aliphatic carbocycles. The monoisotopic (exact) mass is 1780 g/mol. The molecule has 0 unspecified atom stereocenters. The Bertz CT molecular complexity index is 3610. The van der Waals surface area contributed by atoms with Crippen LogP contribution in [-0.4, -0.2) is 358 Å². The highest BCUT2D eigenvalue weighted by Gasteiger charge is 2.38. The second-order valence-corrected chi connectivity index (χ2v) is 29.8. The number of hydrogen-bond donors (Lipinski definition) is 8. The van der Waals surface area contributed by atoms with Gasteiger partial charge in [-0.05, 0) is 55.5 Å². The summed E-state index contributed by atoms with van der Waals surface area (Å²) in [6.07, 6.45) is 2.93. The van der Waals surface area contributed by atoms with Gasteiger partial charge in [-0.1, -0.05) is 51.1 Å². The molecule has 124 heavy (non-hydrogen) atoms. The number of nitrogens with one attached hydrogen (secondary N) is 6. The molecular formula is C83H128F2N10O28S. The molecule has 0 bridgehead atoms. The first-order chi connectivity index (χ1) is 59.8. The number of primary amides is 1. The van der Waals surface area contributed by atoms with E-state index in [1.807, 2.05) is 55.7 Å². The van der Waals surface area contributed by atoms with E-state index in [-0.39, 0.29) is 142 Å². The highest BCUT2D eigenvalue weighted by Crippen LogP contribution is 2.41. The predicted molar refractivity (Wildman–Crippen MR) is 447 cm³/mol. The molecule has 1 aliphatic heterocycles. The summed E-state index contributed by atoms with van der Waals surface area (Å²) in [6.45, 7) is 18.6. The number of amides is 10. The molecule has 0 radical (unpaired) electrons. The third-order valence-corrected chi connectivity index (χ3v) is 18.7. The normalized spacial score (nSPS) is 13.3. The van der Waals surface area contributed by atoms with Crippen LogP contribution in [0.3, 0.4) is 0 Å². The maximum Gasteiger partial charge on any atom is 0.327 e. The van der Waals surface area contributed by atoms with Crippen LogP contribution >= 0.6 is 11.8 Å². The van der Waals surface area contributed by atoms with Gasteiger partial charge in [-0.3, -0.25) is 52.8 Å². The fourth-order valence-electron chi connectivity index (χ4n) is 11.5. The van der Waals surface area contributed by atoms with Gasteiger partial charge in [0.2, 0.25) is 47.3 Å². The maximum absolute atomic E-state index is 15.6. The Labute approximate surface area is 727 Å². The lowest BCUT2D eigenvalue weighted by Gasteiger charge is -2.41. The summed E-state index contributed by atoms with van der Waals surface area (Å²) in [5, 5.41) is 25.5. The first-order valence-electron chi connectivity index (χ1n) is 41.3. The van der Waals surface area contributed by atoms with E-state index in [9.17, 15) is 62.2 Å². The smallest absolute Gasteiger partial charge is 0.327 e. The van der Waals surface area contributed by atoms with Gasteiger partial charge in [0.05, 0.1) is 223 Å². The van der Waals surface area contributed by atoms with Gasteiger partial charge in [-0.25, -0.2) is 13.6 Å². The molecule has 0 fully saturated rings. The number of imide groups is 1. The van der Waals surface area contributed by atoms with Gasteiger partial charge in [0.25, 0.3) is 11.8 Å². The predicted octanol–water partition coefficient (Wildman–Crippen LogP) is 1.29. The van der Waals surface area contributed by atoms with E-state index in [2.05, 4.69) is 31.9 Å². The molecule has 38 nitrogen and oxygen atoms in total. The van der Waals surface area contributed by atoms with Gasteiger partial charge in [0.1, 0.15) is 42.3 Å². The Hall–Kier alpha value is -8.60. The Morgan fingerprint density at radius 1 is 0.508 bits per heavy atom. The van der Waals surface area contributed by atoms with Crippen molar-refractivity contribution in [2.45, 2.75) is 97.1 Å². The van der Waals surface area contributed by atoms with Crippen molar-refractivity contribution in [2.24, 2.45) is 11.1 Å². The fraction of sp³-hybridized carbons (Fsp3) is 0.651. The lowest BCUT2D eigenvalue weighted by Crippen LogP contribution is -2.56. The molecule has 0 spiro atoms. The van der Waals surface area contributed by atoms with Crippen molar-refractivity contribution in [1.29, 1.82) is 0 Å². The molecule has 3 aromatic rings. The summed E-state index contributed by atoms with van der Waals surface area (Å²) >= 11 is 0.935. The zero-order valence-corrected chi connectivity index (χ0v) is 72.9. The van der Waals surface area contributed by atoms with Gasteiger partial charge in [-0.15, -0.1) is 11.8 Å². The number of rotatable bonds is 76. The molecular weight excluding hydrogens is 1660 g/mol. The van der Waals surface area contributed by atoms with Gasteiger partial charge < -0.3 is 128 Å². The average Bonchev–Trinajstić information content (AvgIpc) is 1.64. The molecule has 1 aromatic heterocycles. The summed E-state index contributed by atoms with van der Waals surface area (Å²) in [6, 6.07) is 7.77. The number of aliphatic carboxylic acids is 1. The van der Waals surface area contributed by atoms with E-state index in [1.54, 1.807) is 24.3 Å². The zero-order chi connectivity index (χ0) is 90.4. The second-order valence-electron chi connectivity index (χ2n) is 28.7. The molecule has 2 heterocycles. The lowest BCUT2D eigenvalue weighted by atomic mass is 9.83. The Morgan fingerprint density at radius 3 is 1.40 bits per heavy atom. The van der Waals surface area contributed by atoms with Crippen molar-refractivity contribution in [3.8, 4) is 11.1 Å². The SMILES string of the molecule is COCCOCCOCCOCCOCCOCCOCCOCCOCCOCCOCCOCCC(=O)N[C@@H](C)C(=O)N[C@H](C)C(=O)N[C@@H](CC(N)=O)C(=O)NCCCN(C(=O)CSC[C@H](NC(=O)CCOCCOCCOCCOCCNC(=O)CN1C(=O)C=CC1=O)C(=O)O)[C@@H](c1cc(-c2cc(F)ccc2F)cn1Cc1ccccc1)C(C)(C)C. The Balaban J connectivity index is 1.16. The van der Waals surface area contributed by atoms with E-state index in [4.69, 9.17) is 81.5 Å². The zero-order valence-electron chi connectivity index (χ0n) is 72.1. The average molecular weight is 1780 g/mol. The number of carbonyl (C=O) groups is 11. The molecule has 5 atom stereocenters. The van der Waals surface area contributed by atoms with Gasteiger partial charge in [0, 0.05) is 87.1 Å². The molecule has 1 aliphatic rings. The van der Waals surface area contributed by atoms with Crippen molar-refractivity contribution in [1.82, 2.24) is 46.3 Å². The fourth-order valence-corrected chi connectivity index (χ4v) is 12.4. The standard InChI is InChI=1S/C83H128F2N10O28S/c1-61(89-72(97)17-22-109-27-30-113-36-38-117-41-42-119-45-46-121-49-50-123-52-51-122-48-47-120-44-43-118-40-39-116-34-33-112-26-25-108-6)79(103)90-62(2)80(104)92-68(55-71(86)96)81(105)88-19-10-21-94(78(83(3,4)5)70-53-64(66-54-65(84)13-14-67(66)85)57-93(70)56-63-11-8-7-9-12-63)77(102)60-124-59-69(82(106)107)91-73(98)18-23-110-28-31-114-35-37-115-32-29-111-24-20-87-74(99)58-95-75(100)15-16-76(95)101/h7-9,11-16,53-54,57,61-62,68-69,78H,10,17-52,55-56,58-60H2,1-6H3,(H2,86,96)(H,87,99)(H,88,105)(H,89,97)(H,90,103)(H,91,98)(H,92,104)(H,106,107)/t61-,62+,68-,69-,78-/m0/s1. The Kier molecular flexibility index (Phi) is 57.3. The summed E-state index contributed by atoms with van der Waals surface area (Å²) in [4.78, 5) is 144. The summed E-state index contributed by atoms with van der Waals surface area (Å²) in [5.41, 5.74) is 6.32. The van der Waals surface area contributed by atoms with E-state index in [0.717, 1.165) is 52.6 Å². The molecule has 0 saturated carbocycles. The van der Waals surface area contributed by atoms with Gasteiger partial charge >= 0.3 is 5.97 Å². The molecule has 4 rings (SSSR count). The summed E-state index contributed by atoms with van der Waals surface area (Å²) in [7, 11) is 1.63. The van der Waals surface area contributed by atoms with Crippen LogP contribution in [0.5, 0.6) is 0 Å². The van der Waals surface area contributed by atoms with Crippen LogP contribution in [0.4, 0.5) is 8.78 Å². The number of carboxylic acids is 1. The first kappa shape index (κ1) is 108. The quantitative estimate of drug-likeness (QED) is 0.0291. The number of hydrogen-bond acceptors (Lipinski definition) is 28. The number of benzene rings is 2. The second kappa shape index (κ2) is 65.9. The van der Waals surface area contributed by atoms with E-state index < -0.39 is 119 Å². The summed E-state index contributed by atoms with van der Waals surface area (Å²) < 4.78 is 119. The van der Waals surface area contributed by atoms with Gasteiger partial charge in [0.15, 0.2) is 0 Å². The number of thioether (sulfide) groups is 1. The highest BCUT2D eigenvalue weighted by atomic mass is 32.2. The number of halogens is 2. The van der Waals surface area contributed by atoms with Crippen LogP contribution in [0.1, 0.15) is 77.6 Å². The minimum absolute atomic E-state index is 0.0144. The number of methoxy groups -OCH3 is 1. The van der Waals surface area contributed by atoms with Crippen molar-refractivity contribution in [3.05, 3.63) is 95.8 Å². The molecule has 10 amide bonds. The number of nitrogens with two attached hydrogens (primary N) is 1. The van der Waals surface area contributed by atoms with Crippen LogP contribution in [0.2, 0.25) is 0 Å². The number of nitrogens with zero attached hydrogens (tertiary/aromatic N) is 3. The number of carbonyl (C=O) groups excluding carboxylic acids is 10. The minimum atomic E-state index is -1.54. The highest BCUT2D eigenvalue weighted by molar-refractivity contribution is 8.00. The third-order valence-electron chi connectivity index (χ3n) is 17.7. The maximum atomic E-state index is 15.6. The Morgan fingerprint density at radius 2 is 0.944 bits per heavy atom. The minimum Gasteiger partial charge on any atom is -0.480 e. The molecule has 698 valence electrons. The van der Waals surface area contributed by atoms with Crippen LogP contribution in [-0.2, 0) is 135 Å². The number of aromatic nitrogens is 1. The largest absolute Gasteiger partial charge is 0.480 e.